The molecule has 0 saturated carbocycles. The van der Waals surface area contributed by atoms with E-state index in [2.05, 4.69) is 28.0 Å². The number of piperazine rings is 1. The number of halogens is 2. The molecule has 1 unspecified atom stereocenters. The first-order valence-electron chi connectivity index (χ1n) is 10.6. The molecule has 2 aliphatic heterocycles. The Balaban J connectivity index is 1.15. The Morgan fingerprint density at radius 2 is 1.77 bits per heavy atom. The zero-order chi connectivity index (χ0) is 20.5. The van der Waals surface area contributed by atoms with E-state index in [9.17, 15) is 8.78 Å². The van der Waals surface area contributed by atoms with Crippen LogP contribution in [0.25, 0.3) is 5.57 Å². The second-order valence-corrected chi connectivity index (χ2v) is 8.27. The summed E-state index contributed by atoms with van der Waals surface area (Å²) < 4.78 is 38.2. The third-order valence-electron chi connectivity index (χ3n) is 6.45. The van der Waals surface area contributed by atoms with E-state index in [0.717, 1.165) is 56.9 Å². The number of nitrogens with zero attached hydrogens (tertiary/aromatic N) is 2. The average Bonchev–Trinajstić information content (AvgIpc) is 3.25. The number of benzene rings is 2. The Morgan fingerprint density at radius 3 is 2.57 bits per heavy atom. The predicted molar refractivity (Wildman–Crippen MR) is 111 cm³/mol. The van der Waals surface area contributed by atoms with Crippen LogP contribution >= 0.6 is 0 Å². The van der Waals surface area contributed by atoms with Crippen LogP contribution in [0.1, 0.15) is 30.4 Å². The van der Waals surface area contributed by atoms with E-state index in [1.54, 1.807) is 0 Å². The molecule has 30 heavy (non-hydrogen) atoms. The monoisotopic (exact) mass is 412 g/mol. The normalized spacial score (nSPS) is 22.2. The van der Waals surface area contributed by atoms with Crippen molar-refractivity contribution in [3.63, 3.8) is 0 Å². The zero-order valence-electron chi connectivity index (χ0n) is 16.9. The first kappa shape index (κ1) is 19.5. The van der Waals surface area contributed by atoms with Crippen molar-refractivity contribution < 1.29 is 18.3 Å². The molecule has 1 saturated heterocycles. The molecule has 6 heteroatoms. The number of rotatable bonds is 4. The summed E-state index contributed by atoms with van der Waals surface area (Å²) in [4.78, 5) is 4.76. The van der Waals surface area contributed by atoms with Crippen molar-refractivity contribution >= 4 is 5.57 Å². The topological polar surface area (TPSA) is 24.9 Å². The van der Waals surface area contributed by atoms with Crippen LogP contribution in [-0.2, 0) is 6.54 Å². The second kappa shape index (κ2) is 8.36. The van der Waals surface area contributed by atoms with Gasteiger partial charge in [0, 0.05) is 44.3 Å². The van der Waals surface area contributed by atoms with E-state index in [4.69, 9.17) is 9.47 Å². The van der Waals surface area contributed by atoms with Gasteiger partial charge in [0.15, 0.2) is 11.5 Å². The highest BCUT2D eigenvalue weighted by molar-refractivity contribution is 5.69. The third kappa shape index (κ3) is 4.07. The fraction of sp³-hybridized carbons (Fsp3) is 0.417. The van der Waals surface area contributed by atoms with Gasteiger partial charge >= 0.3 is 0 Å². The molecule has 158 valence electrons. The van der Waals surface area contributed by atoms with E-state index in [-0.39, 0.29) is 11.6 Å². The van der Waals surface area contributed by atoms with Gasteiger partial charge in [-0.1, -0.05) is 12.1 Å². The van der Waals surface area contributed by atoms with Gasteiger partial charge in [-0.25, -0.2) is 8.78 Å². The lowest BCUT2D eigenvalue weighted by molar-refractivity contribution is 0.0874. The van der Waals surface area contributed by atoms with Crippen LogP contribution in [0.4, 0.5) is 8.78 Å². The minimum atomic E-state index is -0.378. The molecule has 3 aliphatic rings. The highest BCUT2D eigenvalue weighted by Crippen LogP contribution is 2.37. The van der Waals surface area contributed by atoms with Crippen LogP contribution in [0.5, 0.6) is 11.5 Å². The summed E-state index contributed by atoms with van der Waals surface area (Å²) in [6.07, 6.45) is 5.60. The van der Waals surface area contributed by atoms with Crippen LogP contribution < -0.4 is 9.47 Å². The Hall–Kier alpha value is -2.44. The quantitative estimate of drug-likeness (QED) is 0.741. The largest absolute Gasteiger partial charge is 0.454 e. The molecule has 1 aliphatic carbocycles. The molecular weight excluding hydrogens is 386 g/mol. The molecule has 1 atom stereocenters. The molecular formula is C24H26F2N2O2. The molecule has 0 aromatic heterocycles. The first-order chi connectivity index (χ1) is 14.7. The lowest BCUT2D eigenvalue weighted by Crippen LogP contribution is -2.50. The van der Waals surface area contributed by atoms with Crippen molar-refractivity contribution in [2.75, 3.05) is 33.0 Å². The molecule has 0 spiro atoms. The molecule has 0 radical (unpaired) electrons. The first-order valence-corrected chi connectivity index (χ1v) is 10.6. The van der Waals surface area contributed by atoms with Gasteiger partial charge in [0.1, 0.15) is 11.6 Å². The number of hydrogen-bond donors (Lipinski definition) is 0. The maximum Gasteiger partial charge on any atom is 0.231 e. The molecule has 5 rings (SSSR count). The van der Waals surface area contributed by atoms with E-state index in [1.165, 1.54) is 29.3 Å². The van der Waals surface area contributed by atoms with Gasteiger partial charge in [0.2, 0.25) is 6.79 Å². The molecule has 0 bridgehead atoms. The summed E-state index contributed by atoms with van der Waals surface area (Å²) >= 11 is 0. The Kier molecular flexibility index (Phi) is 5.44. The summed E-state index contributed by atoms with van der Waals surface area (Å²) in [6.45, 7) is 4.47. The SMILES string of the molecule is Fc1ccc(F)c(CN2CCN(C3CC=C(c4ccc5c(c4)OCO5)CC3)CC2)c1. The molecule has 0 N–H and O–H groups in total. The fourth-order valence-electron chi connectivity index (χ4n) is 4.70. The zero-order valence-corrected chi connectivity index (χ0v) is 16.9. The lowest BCUT2D eigenvalue weighted by Gasteiger charge is -2.40. The Labute approximate surface area is 175 Å². The standard InChI is InChI=1S/C24H26F2N2O2/c25-20-4-7-22(26)19(13-20)15-27-9-11-28(12-10-27)21-5-1-17(2-6-21)18-3-8-23-24(14-18)30-16-29-23/h1,3-4,7-8,13-14,21H,2,5-6,9-12,15-16H2. The lowest BCUT2D eigenvalue weighted by atomic mass is 9.89. The summed E-state index contributed by atoms with van der Waals surface area (Å²) in [6, 6.07) is 10.4. The molecule has 2 aromatic rings. The van der Waals surface area contributed by atoms with Crippen LogP contribution in [-0.4, -0.2) is 48.8 Å². The fourth-order valence-corrected chi connectivity index (χ4v) is 4.70. The molecule has 2 aromatic carbocycles. The number of allylic oxidation sites excluding steroid dienone is 1. The summed E-state index contributed by atoms with van der Waals surface area (Å²) in [5.41, 5.74) is 3.04. The second-order valence-electron chi connectivity index (χ2n) is 8.27. The van der Waals surface area contributed by atoms with Gasteiger partial charge in [-0.05, 0) is 60.7 Å². The highest BCUT2D eigenvalue weighted by Gasteiger charge is 2.26. The van der Waals surface area contributed by atoms with Crippen molar-refractivity contribution in [3.8, 4) is 11.5 Å². The predicted octanol–water partition coefficient (Wildman–Crippen LogP) is 4.45. The summed E-state index contributed by atoms with van der Waals surface area (Å²) in [5, 5.41) is 0. The molecule has 1 fully saturated rings. The van der Waals surface area contributed by atoms with E-state index in [0.29, 0.717) is 24.9 Å². The molecule has 4 nitrogen and oxygen atoms in total. The van der Waals surface area contributed by atoms with Gasteiger partial charge < -0.3 is 9.47 Å². The van der Waals surface area contributed by atoms with Gasteiger partial charge in [-0.3, -0.25) is 9.80 Å². The maximum absolute atomic E-state index is 13.9. The minimum Gasteiger partial charge on any atom is -0.454 e. The van der Waals surface area contributed by atoms with Crippen molar-refractivity contribution in [1.29, 1.82) is 0 Å². The van der Waals surface area contributed by atoms with Crippen molar-refractivity contribution in [3.05, 3.63) is 65.2 Å². The third-order valence-corrected chi connectivity index (χ3v) is 6.45. The molecule has 0 amide bonds. The highest BCUT2D eigenvalue weighted by atomic mass is 19.1. The summed E-state index contributed by atoms with van der Waals surface area (Å²) in [7, 11) is 0. The average molecular weight is 412 g/mol. The number of fused-ring (bicyclic) bond motifs is 1. The number of hydrogen-bond acceptors (Lipinski definition) is 4. The van der Waals surface area contributed by atoms with E-state index >= 15 is 0 Å². The Morgan fingerprint density at radius 1 is 0.933 bits per heavy atom. The van der Waals surface area contributed by atoms with Gasteiger partial charge in [-0.2, -0.15) is 0 Å². The number of ether oxygens (including phenoxy) is 2. The van der Waals surface area contributed by atoms with Crippen LogP contribution in [0.3, 0.4) is 0 Å². The van der Waals surface area contributed by atoms with Crippen molar-refractivity contribution in [2.45, 2.75) is 31.8 Å². The van der Waals surface area contributed by atoms with E-state index < -0.39 is 0 Å². The Bertz CT molecular complexity index is 954. The van der Waals surface area contributed by atoms with Gasteiger partial charge in [0.05, 0.1) is 0 Å². The van der Waals surface area contributed by atoms with E-state index in [1.807, 2.05) is 6.07 Å². The van der Waals surface area contributed by atoms with Crippen molar-refractivity contribution in [2.24, 2.45) is 0 Å². The van der Waals surface area contributed by atoms with Gasteiger partial charge in [-0.15, -0.1) is 0 Å². The van der Waals surface area contributed by atoms with Crippen LogP contribution in [0.15, 0.2) is 42.5 Å². The summed E-state index contributed by atoms with van der Waals surface area (Å²) in [5.74, 6) is 0.954. The van der Waals surface area contributed by atoms with Crippen LogP contribution in [0.2, 0.25) is 0 Å². The maximum atomic E-state index is 13.9. The van der Waals surface area contributed by atoms with Crippen LogP contribution in [0, 0.1) is 11.6 Å². The molecule has 2 heterocycles. The minimum absolute atomic E-state index is 0.303. The smallest absolute Gasteiger partial charge is 0.231 e. The van der Waals surface area contributed by atoms with Gasteiger partial charge in [0.25, 0.3) is 0 Å². The van der Waals surface area contributed by atoms with Crippen molar-refractivity contribution in [1.82, 2.24) is 9.80 Å².